The van der Waals surface area contributed by atoms with Crippen molar-refractivity contribution in [2.75, 3.05) is 13.1 Å². The zero-order valence-corrected chi connectivity index (χ0v) is 16.2. The standard InChI is InChI=1S/C19H24N4O3S/c1-22-15-17(14-21-22)8-9-19(24)20-13-16-6-5-7-18(12-16)27(25,26)23-10-3-2-4-11-23/h5-9,12,14-15H,2-4,10-11,13H2,1H3,(H,20,24)/b9-8+. The molecule has 0 aliphatic carbocycles. The number of sulfonamides is 1. The van der Waals surface area contributed by atoms with Crippen molar-refractivity contribution in [2.24, 2.45) is 7.05 Å². The Labute approximate surface area is 159 Å². The lowest BCUT2D eigenvalue weighted by Crippen LogP contribution is -2.35. The largest absolute Gasteiger partial charge is 0.348 e. The van der Waals surface area contributed by atoms with E-state index >= 15 is 0 Å². The minimum absolute atomic E-state index is 0.247. The summed E-state index contributed by atoms with van der Waals surface area (Å²) in [4.78, 5) is 12.3. The van der Waals surface area contributed by atoms with Gasteiger partial charge in [-0.05, 0) is 36.6 Å². The quantitative estimate of drug-likeness (QED) is 0.767. The van der Waals surface area contributed by atoms with Gasteiger partial charge in [-0.1, -0.05) is 18.6 Å². The third kappa shape index (κ3) is 5.05. The number of rotatable bonds is 6. The third-order valence-electron chi connectivity index (χ3n) is 4.47. The molecule has 1 N–H and O–H groups in total. The van der Waals surface area contributed by atoms with E-state index in [1.807, 2.05) is 7.05 Å². The van der Waals surface area contributed by atoms with Crippen LogP contribution in [0, 0.1) is 0 Å². The van der Waals surface area contributed by atoms with Crippen LogP contribution in [0.1, 0.15) is 30.4 Å². The van der Waals surface area contributed by atoms with Gasteiger partial charge in [-0.2, -0.15) is 9.40 Å². The summed E-state index contributed by atoms with van der Waals surface area (Å²) in [6.45, 7) is 1.41. The maximum absolute atomic E-state index is 12.8. The van der Waals surface area contributed by atoms with Gasteiger partial charge in [0.2, 0.25) is 15.9 Å². The number of aromatic nitrogens is 2. The van der Waals surface area contributed by atoms with Crippen molar-refractivity contribution >= 4 is 22.0 Å². The molecule has 1 aromatic carbocycles. The molecular weight excluding hydrogens is 364 g/mol. The van der Waals surface area contributed by atoms with E-state index in [1.165, 1.54) is 6.08 Å². The Hall–Kier alpha value is -2.45. The van der Waals surface area contributed by atoms with Gasteiger partial charge in [0.05, 0.1) is 11.1 Å². The molecule has 3 rings (SSSR count). The van der Waals surface area contributed by atoms with Gasteiger partial charge in [0.15, 0.2) is 0 Å². The van der Waals surface area contributed by atoms with Gasteiger partial charge in [-0.3, -0.25) is 9.48 Å². The van der Waals surface area contributed by atoms with Crippen LogP contribution in [-0.4, -0.2) is 41.5 Å². The molecule has 2 heterocycles. The average molecular weight is 388 g/mol. The normalized spacial score (nSPS) is 15.9. The molecule has 1 aromatic heterocycles. The molecule has 1 fully saturated rings. The molecule has 144 valence electrons. The van der Waals surface area contributed by atoms with E-state index in [4.69, 9.17) is 0 Å². The highest BCUT2D eigenvalue weighted by atomic mass is 32.2. The molecule has 7 nitrogen and oxygen atoms in total. The Balaban J connectivity index is 1.62. The summed E-state index contributed by atoms with van der Waals surface area (Å²) in [6.07, 6.45) is 9.46. The second-order valence-corrected chi connectivity index (χ2v) is 8.55. The maximum atomic E-state index is 12.8. The molecule has 0 atom stereocenters. The first kappa shape index (κ1) is 19.3. The first-order valence-electron chi connectivity index (χ1n) is 8.99. The fraction of sp³-hybridized carbons (Fsp3) is 0.368. The van der Waals surface area contributed by atoms with E-state index in [2.05, 4.69) is 10.4 Å². The molecule has 1 saturated heterocycles. The van der Waals surface area contributed by atoms with Crippen molar-refractivity contribution in [3.8, 4) is 0 Å². The first-order valence-corrected chi connectivity index (χ1v) is 10.4. The van der Waals surface area contributed by atoms with E-state index < -0.39 is 10.0 Å². The van der Waals surface area contributed by atoms with Crippen LogP contribution in [0.2, 0.25) is 0 Å². The van der Waals surface area contributed by atoms with Crippen molar-refractivity contribution in [3.63, 3.8) is 0 Å². The molecule has 0 saturated carbocycles. The number of amides is 1. The van der Waals surface area contributed by atoms with Crippen molar-refractivity contribution in [1.29, 1.82) is 0 Å². The van der Waals surface area contributed by atoms with Crippen LogP contribution in [0.4, 0.5) is 0 Å². The Morgan fingerprint density at radius 1 is 1.26 bits per heavy atom. The number of aryl methyl sites for hydroxylation is 1. The highest BCUT2D eigenvalue weighted by Gasteiger charge is 2.25. The molecular formula is C19H24N4O3S. The minimum atomic E-state index is -3.47. The number of piperidine rings is 1. The fourth-order valence-electron chi connectivity index (χ4n) is 3.02. The van der Waals surface area contributed by atoms with Crippen molar-refractivity contribution < 1.29 is 13.2 Å². The number of hydrogen-bond acceptors (Lipinski definition) is 4. The predicted octanol–water partition coefficient (Wildman–Crippen LogP) is 1.92. The summed E-state index contributed by atoms with van der Waals surface area (Å²) in [5, 5.41) is 6.80. The first-order chi connectivity index (χ1) is 12.9. The number of carbonyl (C=O) groups excluding carboxylic acids is 1. The fourth-order valence-corrected chi connectivity index (χ4v) is 4.60. The van der Waals surface area contributed by atoms with Crippen LogP contribution in [0.25, 0.3) is 6.08 Å². The second kappa shape index (κ2) is 8.49. The van der Waals surface area contributed by atoms with Crippen molar-refractivity contribution in [2.45, 2.75) is 30.7 Å². The van der Waals surface area contributed by atoms with Crippen LogP contribution in [0.5, 0.6) is 0 Å². The molecule has 0 spiro atoms. The third-order valence-corrected chi connectivity index (χ3v) is 6.36. The van der Waals surface area contributed by atoms with Gasteiger partial charge in [-0.25, -0.2) is 8.42 Å². The van der Waals surface area contributed by atoms with Gasteiger partial charge in [0, 0.05) is 44.5 Å². The van der Waals surface area contributed by atoms with E-state index in [9.17, 15) is 13.2 Å². The van der Waals surface area contributed by atoms with E-state index in [-0.39, 0.29) is 17.3 Å². The second-order valence-electron chi connectivity index (χ2n) is 6.61. The summed E-state index contributed by atoms with van der Waals surface area (Å²) >= 11 is 0. The Bertz CT molecular complexity index is 928. The Morgan fingerprint density at radius 3 is 2.74 bits per heavy atom. The highest BCUT2D eigenvalue weighted by Crippen LogP contribution is 2.21. The van der Waals surface area contributed by atoms with Crippen LogP contribution in [0.3, 0.4) is 0 Å². The molecule has 1 aliphatic heterocycles. The summed E-state index contributed by atoms with van der Waals surface area (Å²) in [6, 6.07) is 6.76. The lowest BCUT2D eigenvalue weighted by atomic mass is 10.2. The summed E-state index contributed by atoms with van der Waals surface area (Å²) < 4.78 is 28.7. The average Bonchev–Trinajstić information content (AvgIpc) is 3.11. The van der Waals surface area contributed by atoms with Crippen LogP contribution in [0.15, 0.2) is 47.6 Å². The number of benzene rings is 1. The van der Waals surface area contributed by atoms with Crippen molar-refractivity contribution in [1.82, 2.24) is 19.4 Å². The number of nitrogens with zero attached hydrogens (tertiary/aromatic N) is 3. The molecule has 8 heteroatoms. The van der Waals surface area contributed by atoms with Gasteiger partial charge in [0.25, 0.3) is 0 Å². The van der Waals surface area contributed by atoms with E-state index in [0.29, 0.717) is 13.1 Å². The topological polar surface area (TPSA) is 84.3 Å². The number of carbonyl (C=O) groups is 1. The van der Waals surface area contributed by atoms with Gasteiger partial charge < -0.3 is 5.32 Å². The summed E-state index contributed by atoms with van der Waals surface area (Å²) in [5.74, 6) is -0.247. The molecule has 0 unspecified atom stereocenters. The van der Waals surface area contributed by atoms with Gasteiger partial charge in [-0.15, -0.1) is 0 Å². The molecule has 1 amide bonds. The SMILES string of the molecule is Cn1cc(/C=C/C(=O)NCc2cccc(S(=O)(=O)N3CCCCC3)c2)cn1. The summed E-state index contributed by atoms with van der Waals surface area (Å²) in [7, 11) is -1.66. The molecule has 27 heavy (non-hydrogen) atoms. The highest BCUT2D eigenvalue weighted by molar-refractivity contribution is 7.89. The number of hydrogen-bond donors (Lipinski definition) is 1. The van der Waals surface area contributed by atoms with Gasteiger partial charge >= 0.3 is 0 Å². The summed E-state index contributed by atoms with van der Waals surface area (Å²) in [5.41, 5.74) is 1.58. The monoisotopic (exact) mass is 388 g/mol. The zero-order chi connectivity index (χ0) is 19.3. The number of nitrogens with one attached hydrogen (secondary N) is 1. The van der Waals surface area contributed by atoms with E-state index in [0.717, 1.165) is 30.4 Å². The lowest BCUT2D eigenvalue weighted by molar-refractivity contribution is -0.116. The maximum Gasteiger partial charge on any atom is 0.244 e. The predicted molar refractivity (Wildman–Crippen MR) is 103 cm³/mol. The minimum Gasteiger partial charge on any atom is -0.348 e. The molecule has 1 aliphatic rings. The molecule has 2 aromatic rings. The van der Waals surface area contributed by atoms with Gasteiger partial charge in [0.1, 0.15) is 0 Å². The lowest BCUT2D eigenvalue weighted by Gasteiger charge is -2.26. The van der Waals surface area contributed by atoms with Crippen LogP contribution >= 0.6 is 0 Å². The zero-order valence-electron chi connectivity index (χ0n) is 15.3. The van der Waals surface area contributed by atoms with E-state index in [1.54, 1.807) is 51.7 Å². The smallest absolute Gasteiger partial charge is 0.244 e. The Kier molecular flexibility index (Phi) is 6.08. The van der Waals surface area contributed by atoms with Crippen LogP contribution in [-0.2, 0) is 28.4 Å². The Morgan fingerprint density at radius 2 is 2.04 bits per heavy atom. The molecule has 0 bridgehead atoms. The van der Waals surface area contributed by atoms with Crippen LogP contribution < -0.4 is 5.32 Å². The molecule has 0 radical (unpaired) electrons. The van der Waals surface area contributed by atoms with Crippen molar-refractivity contribution in [3.05, 3.63) is 53.9 Å².